The van der Waals surface area contributed by atoms with Gasteiger partial charge >= 0.3 is 0 Å². The van der Waals surface area contributed by atoms with Crippen LogP contribution in [0.1, 0.15) is 12.8 Å². The van der Waals surface area contributed by atoms with Crippen LogP contribution in [0.15, 0.2) is 29.2 Å². The number of hydrogen-bond donors (Lipinski definition) is 1. The van der Waals surface area contributed by atoms with Gasteiger partial charge in [0.05, 0.1) is 17.6 Å². The first-order chi connectivity index (χ1) is 8.95. The molecule has 0 unspecified atom stereocenters. The first-order valence-corrected chi connectivity index (χ1v) is 7.76. The number of aliphatic hydroxyl groups is 1. The number of β-amino-alcohol motifs (C(OH)–C–C–N with tert-alkyl or cyclic N) is 1. The highest BCUT2D eigenvalue weighted by molar-refractivity contribution is 7.89. The molecule has 19 heavy (non-hydrogen) atoms. The lowest BCUT2D eigenvalue weighted by Crippen LogP contribution is -2.64. The molecule has 104 valence electrons. The van der Waals surface area contributed by atoms with E-state index in [9.17, 15) is 13.5 Å². The third-order valence-electron chi connectivity index (χ3n) is 3.92. The highest BCUT2D eigenvalue weighted by Gasteiger charge is 2.55. The maximum Gasteiger partial charge on any atom is 0.243 e. The van der Waals surface area contributed by atoms with Crippen molar-refractivity contribution in [3.8, 4) is 5.75 Å². The van der Waals surface area contributed by atoms with E-state index in [0.717, 1.165) is 12.8 Å². The first-order valence-electron chi connectivity index (χ1n) is 6.32. The smallest absolute Gasteiger partial charge is 0.243 e. The van der Waals surface area contributed by atoms with Crippen molar-refractivity contribution in [2.45, 2.75) is 23.3 Å². The van der Waals surface area contributed by atoms with Crippen LogP contribution in [-0.2, 0) is 10.0 Å². The Balaban J connectivity index is 1.80. The van der Waals surface area contributed by atoms with Gasteiger partial charge in [0, 0.05) is 19.2 Å². The summed E-state index contributed by atoms with van der Waals surface area (Å²) in [5.41, 5.74) is -0.800. The van der Waals surface area contributed by atoms with E-state index in [1.165, 1.54) is 17.5 Å². The first kappa shape index (κ1) is 12.9. The van der Waals surface area contributed by atoms with Crippen LogP contribution in [0.3, 0.4) is 0 Å². The van der Waals surface area contributed by atoms with Gasteiger partial charge in [-0.15, -0.1) is 0 Å². The highest BCUT2D eigenvalue weighted by Crippen LogP contribution is 2.45. The Bertz CT molecular complexity index is 588. The predicted molar refractivity (Wildman–Crippen MR) is 69.4 cm³/mol. The van der Waals surface area contributed by atoms with Gasteiger partial charge in [0.25, 0.3) is 0 Å². The molecule has 1 aromatic rings. The average Bonchev–Trinajstić information content (AvgIpc) is 3.19. The minimum atomic E-state index is -3.52. The van der Waals surface area contributed by atoms with Crippen molar-refractivity contribution in [1.82, 2.24) is 4.31 Å². The molecule has 0 bridgehead atoms. The van der Waals surface area contributed by atoms with E-state index in [1.807, 2.05) is 0 Å². The van der Waals surface area contributed by atoms with Crippen molar-refractivity contribution in [2.24, 2.45) is 5.92 Å². The highest BCUT2D eigenvalue weighted by atomic mass is 32.2. The molecular formula is C13H17NO4S. The quantitative estimate of drug-likeness (QED) is 0.889. The average molecular weight is 283 g/mol. The molecule has 1 aromatic carbocycles. The molecule has 1 N–H and O–H groups in total. The molecule has 0 atom stereocenters. The van der Waals surface area contributed by atoms with Gasteiger partial charge in [-0.2, -0.15) is 4.31 Å². The van der Waals surface area contributed by atoms with Crippen molar-refractivity contribution in [3.05, 3.63) is 24.3 Å². The van der Waals surface area contributed by atoms with E-state index >= 15 is 0 Å². The Morgan fingerprint density at radius 3 is 2.63 bits per heavy atom. The summed E-state index contributed by atoms with van der Waals surface area (Å²) >= 11 is 0. The summed E-state index contributed by atoms with van der Waals surface area (Å²) in [6.07, 6.45) is 2.01. The van der Waals surface area contributed by atoms with Gasteiger partial charge < -0.3 is 9.84 Å². The lowest BCUT2D eigenvalue weighted by molar-refractivity contribution is -0.0764. The molecule has 0 aromatic heterocycles. The molecular weight excluding hydrogens is 266 g/mol. The number of sulfonamides is 1. The fourth-order valence-electron chi connectivity index (χ4n) is 2.52. The van der Waals surface area contributed by atoms with Crippen LogP contribution >= 0.6 is 0 Å². The van der Waals surface area contributed by atoms with E-state index in [-0.39, 0.29) is 23.9 Å². The molecule has 6 heteroatoms. The largest absolute Gasteiger partial charge is 0.497 e. The van der Waals surface area contributed by atoms with Crippen LogP contribution in [0.5, 0.6) is 5.75 Å². The summed E-state index contributed by atoms with van der Waals surface area (Å²) in [6.45, 7) is 0.411. The molecule has 5 nitrogen and oxygen atoms in total. The van der Waals surface area contributed by atoms with E-state index in [4.69, 9.17) is 4.74 Å². The molecule has 2 fully saturated rings. The van der Waals surface area contributed by atoms with Crippen LogP contribution in [0.25, 0.3) is 0 Å². The molecule has 3 rings (SSSR count). The molecule has 2 aliphatic rings. The normalized spacial score (nSPS) is 22.8. The maximum atomic E-state index is 12.4. The standard InChI is InChI=1S/C13H17NO4S/c1-18-11-3-2-4-12(7-11)19(16,17)14-8-13(15,9-14)10-5-6-10/h2-4,7,10,15H,5-6,8-9H2,1H3. The summed E-state index contributed by atoms with van der Waals surface area (Å²) < 4.78 is 31.1. The summed E-state index contributed by atoms with van der Waals surface area (Å²) in [4.78, 5) is 0.213. The minimum absolute atomic E-state index is 0.206. The number of nitrogens with zero attached hydrogens (tertiary/aromatic N) is 1. The van der Waals surface area contributed by atoms with Crippen LogP contribution in [0.2, 0.25) is 0 Å². The third-order valence-corrected chi connectivity index (χ3v) is 5.70. The molecule has 0 radical (unpaired) electrons. The maximum absolute atomic E-state index is 12.4. The Morgan fingerprint density at radius 2 is 2.05 bits per heavy atom. The fraction of sp³-hybridized carbons (Fsp3) is 0.538. The Labute approximate surface area is 112 Å². The topological polar surface area (TPSA) is 66.8 Å². The Kier molecular flexibility index (Phi) is 2.85. The molecule has 1 aliphatic carbocycles. The van der Waals surface area contributed by atoms with Gasteiger partial charge in [-0.05, 0) is 30.9 Å². The van der Waals surface area contributed by atoms with E-state index in [1.54, 1.807) is 18.2 Å². The van der Waals surface area contributed by atoms with E-state index in [2.05, 4.69) is 0 Å². The van der Waals surface area contributed by atoms with Crippen molar-refractivity contribution in [1.29, 1.82) is 0 Å². The van der Waals surface area contributed by atoms with Gasteiger partial charge in [-0.1, -0.05) is 6.07 Å². The van der Waals surface area contributed by atoms with Crippen molar-refractivity contribution >= 4 is 10.0 Å². The van der Waals surface area contributed by atoms with Crippen molar-refractivity contribution in [2.75, 3.05) is 20.2 Å². The molecule has 1 aliphatic heterocycles. The lowest BCUT2D eigenvalue weighted by atomic mass is 9.91. The number of benzene rings is 1. The SMILES string of the molecule is COc1cccc(S(=O)(=O)N2CC(O)(C3CC3)C2)c1. The van der Waals surface area contributed by atoms with E-state index < -0.39 is 15.6 Å². The summed E-state index contributed by atoms with van der Waals surface area (Å²) in [5.74, 6) is 0.795. The Morgan fingerprint density at radius 1 is 1.37 bits per heavy atom. The molecule has 0 amide bonds. The predicted octanol–water partition coefficient (Wildman–Crippen LogP) is 0.841. The molecule has 1 saturated heterocycles. The van der Waals surface area contributed by atoms with E-state index in [0.29, 0.717) is 5.75 Å². The second-order valence-corrected chi connectivity index (χ2v) is 7.27. The summed E-state index contributed by atoms with van der Waals surface area (Å²) in [6, 6.07) is 6.41. The lowest BCUT2D eigenvalue weighted by Gasteiger charge is -2.45. The van der Waals surface area contributed by atoms with Crippen molar-refractivity contribution < 1.29 is 18.3 Å². The molecule has 1 heterocycles. The number of hydrogen-bond acceptors (Lipinski definition) is 4. The van der Waals surface area contributed by atoms with Gasteiger partial charge in [0.15, 0.2) is 0 Å². The minimum Gasteiger partial charge on any atom is -0.497 e. The molecule has 1 saturated carbocycles. The zero-order valence-corrected chi connectivity index (χ0v) is 11.6. The molecule has 0 spiro atoms. The number of methoxy groups -OCH3 is 1. The van der Waals surface area contributed by atoms with Crippen molar-refractivity contribution in [3.63, 3.8) is 0 Å². The number of rotatable bonds is 4. The monoisotopic (exact) mass is 283 g/mol. The second kappa shape index (κ2) is 4.19. The number of ether oxygens (including phenoxy) is 1. The zero-order chi connectivity index (χ0) is 13.7. The van der Waals surface area contributed by atoms with Crippen LogP contribution in [0.4, 0.5) is 0 Å². The third kappa shape index (κ3) is 2.13. The van der Waals surface area contributed by atoms with Gasteiger partial charge in [0.2, 0.25) is 10.0 Å². The van der Waals surface area contributed by atoms with Gasteiger partial charge in [0.1, 0.15) is 5.75 Å². The second-order valence-electron chi connectivity index (χ2n) is 5.33. The Hall–Kier alpha value is -1.11. The van der Waals surface area contributed by atoms with Gasteiger partial charge in [-0.25, -0.2) is 8.42 Å². The summed E-state index contributed by atoms with van der Waals surface area (Å²) in [5, 5.41) is 10.2. The fourth-order valence-corrected chi connectivity index (χ4v) is 4.12. The van der Waals surface area contributed by atoms with Crippen LogP contribution in [0, 0.1) is 5.92 Å². The van der Waals surface area contributed by atoms with Crippen LogP contribution < -0.4 is 4.74 Å². The van der Waals surface area contributed by atoms with Crippen LogP contribution in [-0.4, -0.2) is 43.6 Å². The van der Waals surface area contributed by atoms with Gasteiger partial charge in [-0.3, -0.25) is 0 Å². The summed E-state index contributed by atoms with van der Waals surface area (Å²) in [7, 11) is -2.02. The zero-order valence-electron chi connectivity index (χ0n) is 10.7.